The molecule has 1 N–H and O–H groups in total. The Labute approximate surface area is 106 Å². The zero-order valence-electron chi connectivity index (χ0n) is 9.75. The first kappa shape index (κ1) is 11.8. The van der Waals surface area contributed by atoms with Crippen LogP contribution < -0.4 is 0 Å². The average molecular weight is 251 g/mol. The Hall–Kier alpha value is -0.670. The highest BCUT2D eigenvalue weighted by atomic mass is 32.1. The Morgan fingerprint density at radius 3 is 3.00 bits per heavy atom. The number of nitrogens with one attached hydrogen (secondary N) is 1. The molecule has 1 aromatic carbocycles. The number of rotatable bonds is 4. The molecule has 0 bridgehead atoms. The van der Waals surface area contributed by atoms with Gasteiger partial charge in [0, 0.05) is 0 Å². The monoisotopic (exact) mass is 251 g/mol. The van der Waals surface area contributed by atoms with E-state index in [-0.39, 0.29) is 0 Å². The lowest BCUT2D eigenvalue weighted by molar-refractivity contribution is 0.517. The molecule has 0 saturated carbocycles. The number of benzene rings is 1. The van der Waals surface area contributed by atoms with Crippen LogP contribution in [0.15, 0.2) is 18.2 Å². The molecule has 1 atom stereocenters. The highest BCUT2D eigenvalue weighted by molar-refractivity contribution is 7.73. The second-order valence-corrected chi connectivity index (χ2v) is 6.12. The summed E-state index contributed by atoms with van der Waals surface area (Å²) in [4.78, 5) is 3.23. The second kappa shape index (κ2) is 5.11. The Kier molecular flexibility index (Phi) is 3.77. The van der Waals surface area contributed by atoms with Crippen molar-refractivity contribution in [2.24, 2.45) is 5.92 Å². The van der Waals surface area contributed by atoms with Gasteiger partial charge in [0.05, 0.1) is 10.2 Å². The van der Waals surface area contributed by atoms with Gasteiger partial charge in [0.1, 0.15) is 0 Å². The summed E-state index contributed by atoms with van der Waals surface area (Å²) in [5.74, 6) is 0.816. The molecule has 0 saturated heterocycles. The van der Waals surface area contributed by atoms with Gasteiger partial charge in [-0.3, -0.25) is 0 Å². The van der Waals surface area contributed by atoms with E-state index in [2.05, 4.69) is 37.0 Å². The standard InChI is InChI=1S/C13H17NS2/c1-3-9(2)4-5-10-6-7-12-11(8-10)14-13(15)16-12/h6-9H,3-5H2,1-2H3,(H,14,15)/t9-/m1/s1. The van der Waals surface area contributed by atoms with Gasteiger partial charge in [-0.1, -0.05) is 26.3 Å². The van der Waals surface area contributed by atoms with Crippen molar-refractivity contribution in [3.63, 3.8) is 0 Å². The number of thiazole rings is 1. The fourth-order valence-corrected chi connectivity index (χ4v) is 2.87. The smallest absolute Gasteiger partial charge is 0.159 e. The van der Waals surface area contributed by atoms with Gasteiger partial charge in [0.15, 0.2) is 3.95 Å². The van der Waals surface area contributed by atoms with E-state index in [0.717, 1.165) is 9.87 Å². The number of aromatic nitrogens is 1. The van der Waals surface area contributed by atoms with Crippen LogP contribution in [0.1, 0.15) is 32.3 Å². The zero-order chi connectivity index (χ0) is 11.5. The van der Waals surface area contributed by atoms with E-state index in [1.165, 1.54) is 35.0 Å². The van der Waals surface area contributed by atoms with Gasteiger partial charge >= 0.3 is 0 Å². The summed E-state index contributed by atoms with van der Waals surface area (Å²) in [5, 5.41) is 0. The van der Waals surface area contributed by atoms with Gasteiger partial charge in [0.2, 0.25) is 0 Å². The molecule has 2 rings (SSSR count). The van der Waals surface area contributed by atoms with Crippen LogP contribution in [0.5, 0.6) is 0 Å². The van der Waals surface area contributed by atoms with E-state index in [0.29, 0.717) is 0 Å². The molecular weight excluding hydrogens is 234 g/mol. The SMILES string of the molecule is CC[C@@H](C)CCc1ccc2sc(=S)[nH]c2c1. The molecule has 16 heavy (non-hydrogen) atoms. The van der Waals surface area contributed by atoms with Gasteiger partial charge in [-0.25, -0.2) is 0 Å². The van der Waals surface area contributed by atoms with Crippen LogP contribution in [0.4, 0.5) is 0 Å². The lowest BCUT2D eigenvalue weighted by atomic mass is 9.99. The van der Waals surface area contributed by atoms with Crippen molar-refractivity contribution >= 4 is 33.8 Å². The molecule has 0 amide bonds. The van der Waals surface area contributed by atoms with Crippen LogP contribution in [0.25, 0.3) is 10.2 Å². The highest BCUT2D eigenvalue weighted by Crippen LogP contribution is 2.22. The second-order valence-electron chi connectivity index (χ2n) is 4.40. The summed E-state index contributed by atoms with van der Waals surface area (Å²) < 4.78 is 2.13. The Morgan fingerprint density at radius 1 is 1.44 bits per heavy atom. The molecule has 0 aliphatic rings. The summed E-state index contributed by atoms with van der Waals surface area (Å²) >= 11 is 6.79. The van der Waals surface area contributed by atoms with Crippen molar-refractivity contribution in [2.75, 3.05) is 0 Å². The first-order valence-corrected chi connectivity index (χ1v) is 7.03. The summed E-state index contributed by atoms with van der Waals surface area (Å²) in [7, 11) is 0. The van der Waals surface area contributed by atoms with E-state index < -0.39 is 0 Å². The predicted octanol–water partition coefficient (Wildman–Crippen LogP) is 4.94. The van der Waals surface area contributed by atoms with Crippen molar-refractivity contribution in [1.29, 1.82) is 0 Å². The fourth-order valence-electron chi connectivity index (χ4n) is 1.77. The van der Waals surface area contributed by atoms with Gasteiger partial charge in [-0.15, -0.1) is 11.3 Å². The lowest BCUT2D eigenvalue weighted by Crippen LogP contribution is -1.95. The van der Waals surface area contributed by atoms with E-state index in [4.69, 9.17) is 12.2 Å². The molecule has 0 spiro atoms. The van der Waals surface area contributed by atoms with Crippen LogP contribution in [0.3, 0.4) is 0 Å². The van der Waals surface area contributed by atoms with Crippen LogP contribution in [-0.2, 0) is 6.42 Å². The van der Waals surface area contributed by atoms with Crippen LogP contribution in [-0.4, -0.2) is 4.98 Å². The number of aryl methyl sites for hydroxylation is 1. The molecule has 1 nitrogen and oxygen atoms in total. The van der Waals surface area contributed by atoms with E-state index in [1.54, 1.807) is 11.3 Å². The molecule has 0 radical (unpaired) electrons. The van der Waals surface area contributed by atoms with Crippen LogP contribution in [0.2, 0.25) is 0 Å². The highest BCUT2D eigenvalue weighted by Gasteiger charge is 2.02. The number of H-pyrrole nitrogens is 1. The predicted molar refractivity (Wildman–Crippen MR) is 74.8 cm³/mol. The first-order chi connectivity index (χ1) is 7.69. The quantitative estimate of drug-likeness (QED) is 0.761. The molecular formula is C13H17NS2. The number of hydrogen-bond donors (Lipinski definition) is 1. The molecule has 0 aliphatic heterocycles. The maximum absolute atomic E-state index is 5.14. The molecule has 0 fully saturated rings. The fraction of sp³-hybridized carbons (Fsp3) is 0.462. The van der Waals surface area contributed by atoms with Crippen molar-refractivity contribution in [3.8, 4) is 0 Å². The molecule has 2 aromatic rings. The third-order valence-corrected chi connectivity index (χ3v) is 4.32. The summed E-state index contributed by atoms with van der Waals surface area (Å²) in [6.07, 6.45) is 3.71. The van der Waals surface area contributed by atoms with Crippen LogP contribution in [0, 0.1) is 9.87 Å². The van der Waals surface area contributed by atoms with Crippen molar-refractivity contribution in [2.45, 2.75) is 33.1 Å². The van der Waals surface area contributed by atoms with Crippen molar-refractivity contribution in [1.82, 2.24) is 4.98 Å². The normalized spacial score (nSPS) is 13.1. The van der Waals surface area contributed by atoms with Crippen LogP contribution >= 0.6 is 23.6 Å². The molecule has 3 heteroatoms. The molecule has 86 valence electrons. The molecule has 1 heterocycles. The summed E-state index contributed by atoms with van der Waals surface area (Å²) in [5.41, 5.74) is 2.61. The zero-order valence-corrected chi connectivity index (χ0v) is 11.4. The average Bonchev–Trinajstić information content (AvgIpc) is 2.65. The summed E-state index contributed by atoms with van der Waals surface area (Å²) in [6, 6.07) is 6.64. The third-order valence-electron chi connectivity index (χ3n) is 3.11. The Morgan fingerprint density at radius 2 is 2.25 bits per heavy atom. The van der Waals surface area contributed by atoms with E-state index in [9.17, 15) is 0 Å². The number of fused-ring (bicyclic) bond motifs is 1. The van der Waals surface area contributed by atoms with Crippen molar-refractivity contribution in [3.05, 3.63) is 27.7 Å². The minimum absolute atomic E-state index is 0.816. The van der Waals surface area contributed by atoms with E-state index in [1.807, 2.05) is 0 Å². The maximum Gasteiger partial charge on any atom is 0.159 e. The largest absolute Gasteiger partial charge is 0.337 e. The molecule has 0 unspecified atom stereocenters. The Bertz CT molecular complexity index is 524. The Balaban J connectivity index is 2.16. The van der Waals surface area contributed by atoms with Crippen molar-refractivity contribution < 1.29 is 0 Å². The third kappa shape index (κ3) is 2.71. The van der Waals surface area contributed by atoms with Gasteiger partial charge in [0.25, 0.3) is 0 Å². The molecule has 0 aliphatic carbocycles. The topological polar surface area (TPSA) is 15.8 Å². The number of hydrogen-bond acceptors (Lipinski definition) is 2. The lowest BCUT2D eigenvalue weighted by Gasteiger charge is -2.07. The number of aromatic amines is 1. The van der Waals surface area contributed by atoms with Gasteiger partial charge < -0.3 is 4.98 Å². The minimum atomic E-state index is 0.816. The summed E-state index contributed by atoms with van der Waals surface area (Å²) in [6.45, 7) is 4.57. The molecule has 1 aromatic heterocycles. The van der Waals surface area contributed by atoms with Gasteiger partial charge in [-0.05, 0) is 48.7 Å². The first-order valence-electron chi connectivity index (χ1n) is 5.80. The minimum Gasteiger partial charge on any atom is -0.337 e. The maximum atomic E-state index is 5.14. The van der Waals surface area contributed by atoms with Gasteiger partial charge in [-0.2, -0.15) is 0 Å². The van der Waals surface area contributed by atoms with E-state index >= 15 is 0 Å².